The van der Waals surface area contributed by atoms with E-state index in [0.29, 0.717) is 24.0 Å². The summed E-state index contributed by atoms with van der Waals surface area (Å²) >= 11 is 0. The van der Waals surface area contributed by atoms with E-state index in [-0.39, 0.29) is 29.6 Å². The van der Waals surface area contributed by atoms with Crippen LogP contribution >= 0.6 is 0 Å². The summed E-state index contributed by atoms with van der Waals surface area (Å²) in [6, 6.07) is 3.96. The number of carboxylic acid groups (broad SMARTS) is 1. The molecule has 2 aromatic heterocycles. The molecule has 1 aliphatic carbocycles. The van der Waals surface area contributed by atoms with Gasteiger partial charge in [0, 0.05) is 18.4 Å². The molecule has 1 atom stereocenters. The summed E-state index contributed by atoms with van der Waals surface area (Å²) in [5.41, 5.74) is 7.03. The van der Waals surface area contributed by atoms with E-state index in [9.17, 15) is 9.90 Å². The molecule has 1 unspecified atom stereocenters. The van der Waals surface area contributed by atoms with Crippen LogP contribution in [0.1, 0.15) is 55.3 Å². The van der Waals surface area contributed by atoms with Gasteiger partial charge in [0.1, 0.15) is 11.7 Å². The molecule has 0 aliphatic heterocycles. The van der Waals surface area contributed by atoms with Crippen LogP contribution in [0.5, 0.6) is 0 Å². The van der Waals surface area contributed by atoms with Crippen LogP contribution in [-0.2, 0) is 11.2 Å². The molecule has 124 valence electrons. The van der Waals surface area contributed by atoms with E-state index in [1.54, 1.807) is 18.6 Å². The molecule has 1 fully saturated rings. The van der Waals surface area contributed by atoms with Crippen molar-refractivity contribution in [2.24, 2.45) is 0 Å². The molecule has 0 spiro atoms. The number of anilines is 1. The number of rotatable bonds is 5. The molecule has 0 radical (unpaired) electrons. The molecule has 1 saturated carbocycles. The number of carbonyl (C=O) groups is 1. The Balaban J connectivity index is 0.00000208. The number of nitrogen functional groups attached to an aromatic ring is 1. The molecular weight excluding hydrogens is 315 g/mol. The summed E-state index contributed by atoms with van der Waals surface area (Å²) in [4.78, 5) is 20.0. The van der Waals surface area contributed by atoms with Gasteiger partial charge in [0.25, 0.3) is 0 Å². The van der Waals surface area contributed by atoms with E-state index in [0.717, 1.165) is 18.4 Å². The van der Waals surface area contributed by atoms with Crippen molar-refractivity contribution in [3.8, 4) is 0 Å². The van der Waals surface area contributed by atoms with E-state index in [1.807, 2.05) is 12.3 Å². The summed E-state index contributed by atoms with van der Waals surface area (Å²) in [7, 11) is 0. The zero-order valence-electron chi connectivity index (χ0n) is 13.1. The first kappa shape index (κ1) is 19.0. The van der Waals surface area contributed by atoms with E-state index < -0.39 is 11.9 Å². The van der Waals surface area contributed by atoms with E-state index in [4.69, 9.17) is 5.73 Å². The molecule has 0 bridgehead atoms. The molecule has 2 aromatic rings. The van der Waals surface area contributed by atoms with Crippen molar-refractivity contribution in [1.29, 1.82) is 0 Å². The molecule has 0 saturated heterocycles. The molecule has 6 nitrogen and oxygen atoms in total. The Morgan fingerprint density at radius 3 is 2.67 bits per heavy atom. The second-order valence-electron chi connectivity index (χ2n) is 6.22. The minimum absolute atomic E-state index is 0. The van der Waals surface area contributed by atoms with Crippen LogP contribution in [0.2, 0.25) is 0 Å². The third kappa shape index (κ3) is 4.59. The van der Waals surface area contributed by atoms with Crippen molar-refractivity contribution in [3.63, 3.8) is 0 Å². The Hall–Kier alpha value is -1.37. The van der Waals surface area contributed by atoms with Gasteiger partial charge in [-0.25, -0.2) is 9.97 Å². The second-order valence-corrected chi connectivity index (χ2v) is 6.22. The minimum atomic E-state index is -0.865. The van der Waals surface area contributed by atoms with Gasteiger partial charge < -0.3 is 15.4 Å². The van der Waals surface area contributed by atoms with Gasteiger partial charge >= 0.3 is 35.5 Å². The number of nitrogens with two attached hydrogens (primary N) is 1. The molecule has 3 rings (SSSR count). The zero-order chi connectivity index (χ0) is 16.2. The first-order valence-corrected chi connectivity index (χ1v) is 8.10. The van der Waals surface area contributed by atoms with Crippen molar-refractivity contribution in [1.82, 2.24) is 14.5 Å². The Kier molecular flexibility index (Phi) is 6.83. The fourth-order valence-corrected chi connectivity index (χ4v) is 3.22. The third-order valence-electron chi connectivity index (χ3n) is 4.56. The molecular formula is C17H23N4NaO2. The molecule has 3 N–H and O–H groups in total. The van der Waals surface area contributed by atoms with Gasteiger partial charge in [0.15, 0.2) is 0 Å². The van der Waals surface area contributed by atoms with Gasteiger partial charge in [0.05, 0.1) is 12.0 Å². The van der Waals surface area contributed by atoms with Gasteiger partial charge in [0.2, 0.25) is 0 Å². The van der Waals surface area contributed by atoms with Crippen LogP contribution in [-0.4, -0.2) is 55.2 Å². The maximum absolute atomic E-state index is 11.7. The van der Waals surface area contributed by atoms with Crippen LogP contribution in [0, 0.1) is 0 Å². The normalized spacial score (nSPS) is 16.3. The maximum atomic E-state index is 11.7. The number of carboxylic acids is 1. The molecule has 1 aliphatic rings. The Morgan fingerprint density at radius 2 is 2.04 bits per heavy atom. The average molecular weight is 338 g/mol. The van der Waals surface area contributed by atoms with Crippen LogP contribution in [0.25, 0.3) is 0 Å². The van der Waals surface area contributed by atoms with Crippen molar-refractivity contribution in [3.05, 3.63) is 42.1 Å². The fourth-order valence-electron chi connectivity index (χ4n) is 3.22. The summed E-state index contributed by atoms with van der Waals surface area (Å²) in [6.07, 6.45) is 11.7. The Labute approximate surface area is 163 Å². The van der Waals surface area contributed by atoms with Crippen molar-refractivity contribution < 1.29 is 9.90 Å². The first-order chi connectivity index (χ1) is 11.1. The fraction of sp³-hybridized carbons (Fsp3) is 0.471. The summed E-state index contributed by atoms with van der Waals surface area (Å²) in [5.74, 6) is -1.09. The van der Waals surface area contributed by atoms with Gasteiger partial charge in [-0.1, -0.05) is 25.3 Å². The van der Waals surface area contributed by atoms with Crippen LogP contribution in [0.15, 0.2) is 30.9 Å². The second kappa shape index (κ2) is 8.65. The summed E-state index contributed by atoms with van der Waals surface area (Å²) in [5, 5.41) is 9.57. The number of aromatic nitrogens is 3. The predicted molar refractivity (Wildman–Crippen MR) is 94.2 cm³/mol. The van der Waals surface area contributed by atoms with E-state index >= 15 is 0 Å². The van der Waals surface area contributed by atoms with Crippen LogP contribution in [0.3, 0.4) is 0 Å². The number of pyridine rings is 1. The van der Waals surface area contributed by atoms with Gasteiger partial charge in [-0.05, 0) is 30.9 Å². The SMILES string of the molecule is Nc1ccc(CC(C(=O)O)c2cn(C3CCCCC3)cn2)cn1.[NaH]. The third-order valence-corrected chi connectivity index (χ3v) is 4.56. The number of hydrogen-bond acceptors (Lipinski definition) is 4. The van der Waals surface area contributed by atoms with Crippen molar-refractivity contribution >= 4 is 41.3 Å². The van der Waals surface area contributed by atoms with E-state index in [2.05, 4.69) is 14.5 Å². The first-order valence-electron chi connectivity index (χ1n) is 8.10. The molecule has 24 heavy (non-hydrogen) atoms. The molecule has 0 amide bonds. The molecule has 2 heterocycles. The number of nitrogens with zero attached hydrogens (tertiary/aromatic N) is 3. The zero-order valence-corrected chi connectivity index (χ0v) is 13.1. The van der Waals surface area contributed by atoms with Gasteiger partial charge in [-0.3, -0.25) is 4.79 Å². The quantitative estimate of drug-likeness (QED) is 0.815. The molecule has 7 heteroatoms. The van der Waals surface area contributed by atoms with Crippen molar-refractivity contribution in [2.75, 3.05) is 5.73 Å². The number of hydrogen-bond donors (Lipinski definition) is 2. The van der Waals surface area contributed by atoms with Gasteiger partial charge in [-0.2, -0.15) is 0 Å². The van der Waals surface area contributed by atoms with E-state index in [1.165, 1.54) is 19.3 Å². The van der Waals surface area contributed by atoms with Crippen LogP contribution < -0.4 is 5.73 Å². The predicted octanol–water partition coefficient (Wildman–Crippen LogP) is 2.13. The number of imidazole rings is 1. The monoisotopic (exact) mass is 338 g/mol. The average Bonchev–Trinajstić information content (AvgIpc) is 3.04. The van der Waals surface area contributed by atoms with Gasteiger partial charge in [-0.15, -0.1) is 0 Å². The van der Waals surface area contributed by atoms with Crippen molar-refractivity contribution in [2.45, 2.75) is 50.5 Å². The van der Waals surface area contributed by atoms with Crippen LogP contribution in [0.4, 0.5) is 5.82 Å². The molecule has 0 aromatic carbocycles. The summed E-state index contributed by atoms with van der Waals surface area (Å²) < 4.78 is 2.09. The number of aliphatic carboxylic acids is 1. The Bertz CT molecular complexity index is 665. The topological polar surface area (TPSA) is 94.0 Å². The standard InChI is InChI=1S/C17H22N4O2.Na.H/c18-16-7-6-12(9-19-16)8-14(17(22)23)15-10-21(11-20-15)13-4-2-1-3-5-13;;/h6-7,9-11,13-14H,1-5,8H2,(H2,18,19)(H,22,23);;. The Morgan fingerprint density at radius 1 is 1.29 bits per heavy atom. The summed E-state index contributed by atoms with van der Waals surface area (Å²) in [6.45, 7) is 0.